The highest BCUT2D eigenvalue weighted by molar-refractivity contribution is 5.78. The van der Waals surface area contributed by atoms with E-state index >= 15 is 0 Å². The van der Waals surface area contributed by atoms with E-state index in [0.717, 1.165) is 0 Å². The van der Waals surface area contributed by atoms with Crippen LogP contribution in [-0.2, 0) is 9.53 Å². The zero-order chi connectivity index (χ0) is 8.48. The summed E-state index contributed by atoms with van der Waals surface area (Å²) < 4.78 is 4.96. The third kappa shape index (κ3) is 1.51. The van der Waals surface area contributed by atoms with Gasteiger partial charge >= 0.3 is 5.97 Å². The Balaban J connectivity index is 2.59. The summed E-state index contributed by atoms with van der Waals surface area (Å²) in [5.74, 6) is -0.183. The molecule has 60 valence electrons. The first-order chi connectivity index (χ1) is 5.06. The first-order valence-electron chi connectivity index (χ1n) is 3.64. The number of nitriles is 1. The quantitative estimate of drug-likeness (QED) is 0.532. The lowest BCUT2D eigenvalue weighted by Gasteiger charge is -2.08. The second-order valence-corrected chi connectivity index (χ2v) is 3.48. The number of rotatable bonds is 1. The van der Waals surface area contributed by atoms with E-state index in [1.165, 1.54) is 0 Å². The van der Waals surface area contributed by atoms with Gasteiger partial charge in [0.25, 0.3) is 0 Å². The minimum absolute atomic E-state index is 0.178. The molecule has 1 aliphatic rings. The number of cyclic esters (lactones) is 1. The second-order valence-electron chi connectivity index (χ2n) is 3.48. The highest BCUT2D eigenvalue weighted by Gasteiger charge is 2.40. The van der Waals surface area contributed by atoms with Gasteiger partial charge in [0.05, 0.1) is 17.9 Å². The van der Waals surface area contributed by atoms with Crippen LogP contribution in [0.25, 0.3) is 0 Å². The molecule has 0 aromatic carbocycles. The summed E-state index contributed by atoms with van der Waals surface area (Å²) in [6, 6.07) is 1.99. The van der Waals surface area contributed by atoms with Gasteiger partial charge in [0.15, 0.2) is 0 Å². The van der Waals surface area contributed by atoms with Crippen LogP contribution in [0.5, 0.6) is 0 Å². The molecule has 0 amide bonds. The number of hydrogen-bond donors (Lipinski definition) is 0. The predicted octanol–water partition coefficient (Wildman–Crippen LogP) is 1.24. The highest BCUT2D eigenvalue weighted by Crippen LogP contribution is 2.33. The van der Waals surface area contributed by atoms with E-state index in [0.29, 0.717) is 12.8 Å². The number of carbonyl (C=O) groups excluding carboxylic acids is 1. The standard InChI is InChI=1S/C8H11NO2/c1-8(2)5-6(3-4-9)11-7(8)10/h6H,3,5H2,1-2H3/t6-/m0/s1. The molecule has 3 nitrogen and oxygen atoms in total. The van der Waals surface area contributed by atoms with Crippen LogP contribution in [0.15, 0.2) is 0 Å². The van der Waals surface area contributed by atoms with Crippen LogP contribution in [0.3, 0.4) is 0 Å². The monoisotopic (exact) mass is 153 g/mol. The van der Waals surface area contributed by atoms with Gasteiger partial charge in [-0.25, -0.2) is 0 Å². The van der Waals surface area contributed by atoms with Crippen molar-refractivity contribution in [1.82, 2.24) is 0 Å². The summed E-state index contributed by atoms with van der Waals surface area (Å²) in [5, 5.41) is 8.34. The van der Waals surface area contributed by atoms with Crippen molar-refractivity contribution in [2.45, 2.75) is 32.8 Å². The SMILES string of the molecule is CC1(C)C[C@H](CC#N)OC1=O. The van der Waals surface area contributed by atoms with Crippen LogP contribution in [0.4, 0.5) is 0 Å². The lowest BCUT2D eigenvalue weighted by Crippen LogP contribution is -2.16. The van der Waals surface area contributed by atoms with E-state index in [4.69, 9.17) is 10.00 Å². The van der Waals surface area contributed by atoms with Gasteiger partial charge in [-0.2, -0.15) is 5.26 Å². The van der Waals surface area contributed by atoms with Crippen molar-refractivity contribution < 1.29 is 9.53 Å². The molecule has 0 bridgehead atoms. The molecule has 0 aromatic heterocycles. The molecule has 1 heterocycles. The lowest BCUT2D eigenvalue weighted by molar-refractivity contribution is -0.147. The Morgan fingerprint density at radius 2 is 2.45 bits per heavy atom. The van der Waals surface area contributed by atoms with Gasteiger partial charge in [0.1, 0.15) is 6.10 Å². The number of hydrogen-bond acceptors (Lipinski definition) is 3. The summed E-state index contributed by atoms with van der Waals surface area (Å²) in [6.45, 7) is 3.68. The minimum Gasteiger partial charge on any atom is -0.461 e. The molecule has 1 saturated heterocycles. The smallest absolute Gasteiger partial charge is 0.311 e. The van der Waals surface area contributed by atoms with Gasteiger partial charge in [0, 0.05) is 6.42 Å². The van der Waals surface area contributed by atoms with E-state index in [1.54, 1.807) is 0 Å². The minimum atomic E-state index is -0.387. The molecule has 0 spiro atoms. The fourth-order valence-electron chi connectivity index (χ4n) is 1.22. The Labute approximate surface area is 66.0 Å². The van der Waals surface area contributed by atoms with Gasteiger partial charge in [-0.3, -0.25) is 4.79 Å². The number of ether oxygens (including phenoxy) is 1. The van der Waals surface area contributed by atoms with Crippen LogP contribution in [0.2, 0.25) is 0 Å². The van der Waals surface area contributed by atoms with Crippen LogP contribution < -0.4 is 0 Å². The molecule has 0 radical (unpaired) electrons. The van der Waals surface area contributed by atoms with Gasteiger partial charge in [-0.15, -0.1) is 0 Å². The molecule has 0 saturated carbocycles. The summed E-state index contributed by atoms with van der Waals surface area (Å²) in [6.07, 6.45) is 0.802. The Kier molecular flexibility index (Phi) is 1.86. The zero-order valence-electron chi connectivity index (χ0n) is 6.76. The third-order valence-corrected chi connectivity index (χ3v) is 1.88. The molecular formula is C8H11NO2. The van der Waals surface area contributed by atoms with Crippen LogP contribution >= 0.6 is 0 Å². The first-order valence-corrected chi connectivity index (χ1v) is 3.64. The molecule has 1 aliphatic heterocycles. The topological polar surface area (TPSA) is 50.1 Å². The van der Waals surface area contributed by atoms with E-state index in [9.17, 15) is 4.79 Å². The van der Waals surface area contributed by atoms with Crippen molar-refractivity contribution in [3.05, 3.63) is 0 Å². The zero-order valence-corrected chi connectivity index (χ0v) is 6.76. The first kappa shape index (κ1) is 8.06. The number of esters is 1. The molecule has 1 fully saturated rings. The Morgan fingerprint density at radius 1 is 1.82 bits per heavy atom. The maximum Gasteiger partial charge on any atom is 0.311 e. The summed E-state index contributed by atoms with van der Waals surface area (Å²) >= 11 is 0. The summed E-state index contributed by atoms with van der Waals surface area (Å²) in [5.41, 5.74) is -0.387. The van der Waals surface area contributed by atoms with E-state index in [2.05, 4.69) is 0 Å². The van der Waals surface area contributed by atoms with Gasteiger partial charge in [-0.05, 0) is 13.8 Å². The maximum atomic E-state index is 11.0. The Bertz CT molecular complexity index is 215. The van der Waals surface area contributed by atoms with Crippen molar-refractivity contribution in [3.8, 4) is 6.07 Å². The molecule has 0 N–H and O–H groups in total. The molecular weight excluding hydrogens is 142 g/mol. The van der Waals surface area contributed by atoms with E-state index < -0.39 is 0 Å². The van der Waals surface area contributed by atoms with Crippen LogP contribution in [0.1, 0.15) is 26.7 Å². The van der Waals surface area contributed by atoms with Crippen LogP contribution in [0, 0.1) is 16.7 Å². The second kappa shape index (κ2) is 2.54. The average molecular weight is 153 g/mol. The Morgan fingerprint density at radius 3 is 2.82 bits per heavy atom. The number of nitrogens with zero attached hydrogens (tertiary/aromatic N) is 1. The van der Waals surface area contributed by atoms with Crippen molar-refractivity contribution in [2.24, 2.45) is 5.41 Å². The molecule has 0 unspecified atom stereocenters. The summed E-state index contributed by atoms with van der Waals surface area (Å²) in [4.78, 5) is 11.0. The third-order valence-electron chi connectivity index (χ3n) is 1.88. The van der Waals surface area contributed by atoms with E-state index in [1.807, 2.05) is 19.9 Å². The molecule has 0 aromatic rings. The molecule has 11 heavy (non-hydrogen) atoms. The van der Waals surface area contributed by atoms with Crippen molar-refractivity contribution in [1.29, 1.82) is 5.26 Å². The van der Waals surface area contributed by atoms with Crippen molar-refractivity contribution in [2.75, 3.05) is 0 Å². The fraction of sp³-hybridized carbons (Fsp3) is 0.750. The van der Waals surface area contributed by atoms with Gasteiger partial charge in [0.2, 0.25) is 0 Å². The fourth-order valence-corrected chi connectivity index (χ4v) is 1.22. The lowest BCUT2D eigenvalue weighted by atomic mass is 9.89. The maximum absolute atomic E-state index is 11.0. The van der Waals surface area contributed by atoms with Crippen molar-refractivity contribution in [3.63, 3.8) is 0 Å². The average Bonchev–Trinajstić information content (AvgIpc) is 2.08. The van der Waals surface area contributed by atoms with Crippen molar-refractivity contribution >= 4 is 5.97 Å². The van der Waals surface area contributed by atoms with Crippen LogP contribution in [-0.4, -0.2) is 12.1 Å². The van der Waals surface area contributed by atoms with Gasteiger partial charge < -0.3 is 4.74 Å². The molecule has 1 rings (SSSR count). The highest BCUT2D eigenvalue weighted by atomic mass is 16.6. The largest absolute Gasteiger partial charge is 0.461 e. The predicted molar refractivity (Wildman–Crippen MR) is 38.5 cm³/mol. The Hall–Kier alpha value is -1.04. The summed E-state index contributed by atoms with van der Waals surface area (Å²) in [7, 11) is 0. The molecule has 3 heteroatoms. The van der Waals surface area contributed by atoms with Gasteiger partial charge in [-0.1, -0.05) is 0 Å². The molecule has 1 atom stereocenters. The normalized spacial score (nSPS) is 27.7. The number of carbonyl (C=O) groups is 1. The van der Waals surface area contributed by atoms with E-state index in [-0.39, 0.29) is 17.5 Å². The molecule has 0 aliphatic carbocycles.